The molecule has 1 aromatic rings. The number of amides is 2. The van der Waals surface area contributed by atoms with Gasteiger partial charge in [-0.15, -0.1) is 0 Å². The highest BCUT2D eigenvalue weighted by Gasteiger charge is 2.22. The van der Waals surface area contributed by atoms with E-state index < -0.39 is 0 Å². The van der Waals surface area contributed by atoms with Crippen molar-refractivity contribution in [2.75, 3.05) is 18.0 Å². The fraction of sp³-hybridized carbons (Fsp3) is 0.333. The van der Waals surface area contributed by atoms with Gasteiger partial charge in [-0.05, 0) is 42.7 Å². The van der Waals surface area contributed by atoms with Crippen molar-refractivity contribution in [3.63, 3.8) is 0 Å². The van der Waals surface area contributed by atoms with Crippen LogP contribution in [0.4, 0.5) is 10.1 Å². The number of halogens is 1. The van der Waals surface area contributed by atoms with E-state index in [0.717, 1.165) is 24.1 Å². The minimum Gasteiger partial charge on any atom is -0.352 e. The van der Waals surface area contributed by atoms with Crippen LogP contribution in [0.15, 0.2) is 30.9 Å². The third kappa shape index (κ3) is 3.23. The summed E-state index contributed by atoms with van der Waals surface area (Å²) >= 11 is 0. The average Bonchev–Trinajstić information content (AvgIpc) is 2.45. The van der Waals surface area contributed by atoms with Crippen LogP contribution in [0.5, 0.6) is 0 Å². The predicted octanol–water partition coefficient (Wildman–Crippen LogP) is 1.80. The number of carbonyl (C=O) groups excluding carboxylic acids is 2. The molecule has 1 aromatic carbocycles. The average molecular weight is 276 g/mol. The molecule has 1 aliphatic rings. The van der Waals surface area contributed by atoms with Gasteiger partial charge in [-0.1, -0.05) is 6.58 Å². The first-order chi connectivity index (χ1) is 9.61. The Balaban J connectivity index is 2.01. The van der Waals surface area contributed by atoms with Crippen molar-refractivity contribution in [3.05, 3.63) is 42.2 Å². The number of aryl methyl sites for hydroxylation is 1. The van der Waals surface area contributed by atoms with Crippen LogP contribution in [0.1, 0.15) is 18.4 Å². The summed E-state index contributed by atoms with van der Waals surface area (Å²) in [6.45, 7) is 4.25. The highest BCUT2D eigenvalue weighted by molar-refractivity contribution is 5.95. The highest BCUT2D eigenvalue weighted by Crippen LogP contribution is 2.28. The van der Waals surface area contributed by atoms with Crippen LogP contribution in [-0.2, 0) is 16.0 Å². The smallest absolute Gasteiger partial charge is 0.243 e. The standard InChI is InChI=1S/C15H17FN2O2/c1-2-14(19)17-8-7-15(20)18-9-3-4-11-10-12(16)5-6-13(11)18/h2,5-6,10H,1,3-4,7-9H2,(H,17,19). The lowest BCUT2D eigenvalue weighted by Crippen LogP contribution is -2.37. The van der Waals surface area contributed by atoms with E-state index in [-0.39, 0.29) is 30.6 Å². The SMILES string of the molecule is C=CC(=O)NCCC(=O)N1CCCc2cc(F)ccc21. The number of hydrogen-bond donors (Lipinski definition) is 1. The summed E-state index contributed by atoms with van der Waals surface area (Å²) in [5.41, 5.74) is 1.64. The Morgan fingerprint density at radius 2 is 2.25 bits per heavy atom. The molecule has 0 fully saturated rings. The summed E-state index contributed by atoms with van der Waals surface area (Å²) < 4.78 is 13.2. The summed E-state index contributed by atoms with van der Waals surface area (Å²) in [7, 11) is 0. The normalized spacial score (nSPS) is 13.6. The fourth-order valence-corrected chi connectivity index (χ4v) is 2.32. The van der Waals surface area contributed by atoms with E-state index in [0.29, 0.717) is 6.54 Å². The molecule has 0 saturated carbocycles. The molecule has 0 aliphatic carbocycles. The molecule has 4 nitrogen and oxygen atoms in total. The highest BCUT2D eigenvalue weighted by atomic mass is 19.1. The number of benzene rings is 1. The van der Waals surface area contributed by atoms with Crippen LogP contribution < -0.4 is 10.2 Å². The lowest BCUT2D eigenvalue weighted by Gasteiger charge is -2.29. The Hall–Kier alpha value is -2.17. The Labute approximate surface area is 117 Å². The zero-order chi connectivity index (χ0) is 14.5. The second-order valence-electron chi connectivity index (χ2n) is 4.67. The molecule has 0 saturated heterocycles. The molecular formula is C15H17FN2O2. The number of nitrogens with zero attached hydrogens (tertiary/aromatic N) is 1. The van der Waals surface area contributed by atoms with Crippen molar-refractivity contribution in [2.24, 2.45) is 0 Å². The Bertz CT molecular complexity index is 543. The summed E-state index contributed by atoms with van der Waals surface area (Å²) in [5, 5.41) is 2.57. The molecule has 106 valence electrons. The van der Waals surface area contributed by atoms with Gasteiger partial charge in [0.25, 0.3) is 0 Å². The van der Waals surface area contributed by atoms with Gasteiger partial charge in [-0.3, -0.25) is 9.59 Å². The van der Waals surface area contributed by atoms with Gasteiger partial charge in [-0.25, -0.2) is 4.39 Å². The fourth-order valence-electron chi connectivity index (χ4n) is 2.32. The molecule has 2 amide bonds. The number of nitrogens with one attached hydrogen (secondary N) is 1. The van der Waals surface area contributed by atoms with Crippen molar-refractivity contribution in [1.82, 2.24) is 5.32 Å². The van der Waals surface area contributed by atoms with E-state index in [1.54, 1.807) is 11.0 Å². The van der Waals surface area contributed by atoms with Crippen LogP contribution in [0.3, 0.4) is 0 Å². The minimum absolute atomic E-state index is 0.0677. The van der Waals surface area contributed by atoms with Crippen LogP contribution in [0.2, 0.25) is 0 Å². The third-order valence-electron chi connectivity index (χ3n) is 3.28. The summed E-state index contributed by atoms with van der Waals surface area (Å²) in [6.07, 6.45) is 2.99. The van der Waals surface area contributed by atoms with E-state index in [2.05, 4.69) is 11.9 Å². The van der Waals surface area contributed by atoms with E-state index in [1.807, 2.05) is 0 Å². The summed E-state index contributed by atoms with van der Waals surface area (Å²) in [6, 6.07) is 4.49. The molecular weight excluding hydrogens is 259 g/mol. The van der Waals surface area contributed by atoms with E-state index >= 15 is 0 Å². The number of carbonyl (C=O) groups is 2. The number of rotatable bonds is 4. The van der Waals surface area contributed by atoms with Crippen LogP contribution in [-0.4, -0.2) is 24.9 Å². The Morgan fingerprint density at radius 3 is 3.00 bits per heavy atom. The van der Waals surface area contributed by atoms with Gasteiger partial charge in [0.05, 0.1) is 0 Å². The molecule has 0 atom stereocenters. The van der Waals surface area contributed by atoms with E-state index in [9.17, 15) is 14.0 Å². The van der Waals surface area contributed by atoms with E-state index in [4.69, 9.17) is 0 Å². The quantitative estimate of drug-likeness (QED) is 0.852. The minimum atomic E-state index is -0.293. The van der Waals surface area contributed by atoms with Gasteiger partial charge in [0.1, 0.15) is 5.82 Å². The number of fused-ring (bicyclic) bond motifs is 1. The lowest BCUT2D eigenvalue weighted by molar-refractivity contribution is -0.119. The molecule has 1 N–H and O–H groups in total. The molecule has 0 aromatic heterocycles. The second-order valence-corrected chi connectivity index (χ2v) is 4.67. The molecule has 5 heteroatoms. The maximum atomic E-state index is 13.2. The van der Waals surface area contributed by atoms with Crippen molar-refractivity contribution >= 4 is 17.5 Å². The van der Waals surface area contributed by atoms with Gasteiger partial charge >= 0.3 is 0 Å². The van der Waals surface area contributed by atoms with Crippen LogP contribution in [0.25, 0.3) is 0 Å². The molecule has 1 heterocycles. The Kier molecular flexibility index (Phi) is 4.50. The second kappa shape index (κ2) is 6.32. The zero-order valence-corrected chi connectivity index (χ0v) is 11.2. The lowest BCUT2D eigenvalue weighted by atomic mass is 10.0. The van der Waals surface area contributed by atoms with Crippen LogP contribution in [0, 0.1) is 5.82 Å². The van der Waals surface area contributed by atoms with E-state index in [1.165, 1.54) is 18.2 Å². The first kappa shape index (κ1) is 14.2. The Morgan fingerprint density at radius 1 is 1.45 bits per heavy atom. The maximum absolute atomic E-state index is 13.2. The first-order valence-corrected chi connectivity index (χ1v) is 6.61. The molecule has 0 bridgehead atoms. The zero-order valence-electron chi connectivity index (χ0n) is 11.2. The van der Waals surface area contributed by atoms with Crippen molar-refractivity contribution < 1.29 is 14.0 Å². The van der Waals surface area contributed by atoms with Crippen molar-refractivity contribution in [1.29, 1.82) is 0 Å². The molecule has 0 radical (unpaired) electrons. The summed E-state index contributed by atoms with van der Waals surface area (Å²) in [4.78, 5) is 24.8. The monoisotopic (exact) mass is 276 g/mol. The maximum Gasteiger partial charge on any atom is 0.243 e. The number of anilines is 1. The summed E-state index contributed by atoms with van der Waals surface area (Å²) in [5.74, 6) is -0.642. The molecule has 0 unspecified atom stereocenters. The predicted molar refractivity (Wildman–Crippen MR) is 74.9 cm³/mol. The number of hydrogen-bond acceptors (Lipinski definition) is 2. The van der Waals surface area contributed by atoms with Gasteiger partial charge in [0, 0.05) is 25.2 Å². The molecule has 2 rings (SSSR count). The first-order valence-electron chi connectivity index (χ1n) is 6.61. The van der Waals surface area contributed by atoms with Gasteiger partial charge in [0.2, 0.25) is 11.8 Å². The van der Waals surface area contributed by atoms with Gasteiger partial charge in [0.15, 0.2) is 0 Å². The molecule has 0 spiro atoms. The van der Waals surface area contributed by atoms with Crippen molar-refractivity contribution in [2.45, 2.75) is 19.3 Å². The van der Waals surface area contributed by atoms with Gasteiger partial charge in [-0.2, -0.15) is 0 Å². The van der Waals surface area contributed by atoms with Crippen LogP contribution >= 0.6 is 0 Å². The third-order valence-corrected chi connectivity index (χ3v) is 3.28. The largest absolute Gasteiger partial charge is 0.352 e. The van der Waals surface area contributed by atoms with Crippen molar-refractivity contribution in [3.8, 4) is 0 Å². The topological polar surface area (TPSA) is 49.4 Å². The molecule has 20 heavy (non-hydrogen) atoms. The molecule has 1 aliphatic heterocycles. The van der Waals surface area contributed by atoms with Gasteiger partial charge < -0.3 is 10.2 Å².